The van der Waals surface area contributed by atoms with Crippen LogP contribution >= 0.6 is 27.5 Å². The minimum atomic E-state index is -1.35. The first-order valence-corrected chi connectivity index (χ1v) is 11.7. The summed E-state index contributed by atoms with van der Waals surface area (Å²) < 4.78 is 15.0. The van der Waals surface area contributed by atoms with E-state index in [4.69, 9.17) is 11.6 Å². The second-order valence-corrected chi connectivity index (χ2v) is 10.4. The number of carbonyl (C=O) groups excluding carboxylic acids is 2. The van der Waals surface area contributed by atoms with Crippen LogP contribution in [0.25, 0.3) is 0 Å². The Morgan fingerprint density at radius 3 is 2.45 bits per heavy atom. The number of carbonyl (C=O) groups is 2. The number of hydrogen-bond acceptors (Lipinski definition) is 3. The van der Waals surface area contributed by atoms with Gasteiger partial charge in [-0.05, 0) is 72.0 Å². The zero-order valence-electron chi connectivity index (χ0n) is 17.9. The maximum atomic E-state index is 14.5. The molecular weight excluding hydrogens is 509 g/mol. The zero-order valence-corrected chi connectivity index (χ0v) is 20.2. The highest BCUT2D eigenvalue weighted by Crippen LogP contribution is 2.73. The van der Waals surface area contributed by atoms with Crippen molar-refractivity contribution in [3.8, 4) is 0 Å². The monoisotopic (exact) mass is 526 g/mol. The van der Waals surface area contributed by atoms with Crippen molar-refractivity contribution < 1.29 is 19.1 Å². The molecule has 0 unspecified atom stereocenters. The molecule has 1 spiro atoms. The van der Waals surface area contributed by atoms with E-state index < -0.39 is 22.6 Å². The second-order valence-electron chi connectivity index (χ2n) is 9.00. The molecule has 1 saturated carbocycles. The molecule has 0 aromatic heterocycles. The van der Waals surface area contributed by atoms with Crippen molar-refractivity contribution in [3.63, 3.8) is 0 Å². The lowest BCUT2D eigenvalue weighted by Crippen LogP contribution is -2.36. The fraction of sp³-hybridized carbons (Fsp3) is 0.231. The number of anilines is 2. The van der Waals surface area contributed by atoms with Crippen LogP contribution in [0, 0.1) is 11.7 Å². The predicted octanol–water partition coefficient (Wildman–Crippen LogP) is 5.52. The predicted molar refractivity (Wildman–Crippen MR) is 126 cm³/mol. The summed E-state index contributed by atoms with van der Waals surface area (Å²) in [6.45, 7) is 4.12. The fourth-order valence-electron chi connectivity index (χ4n) is 5.64. The van der Waals surface area contributed by atoms with Gasteiger partial charge in [0.15, 0.2) is 0 Å². The van der Waals surface area contributed by atoms with Crippen molar-refractivity contribution in [1.82, 2.24) is 0 Å². The number of fused-ring (bicyclic) bond motifs is 2. The van der Waals surface area contributed by atoms with Crippen LogP contribution < -0.4 is 10.0 Å². The number of rotatable bonds is 4. The summed E-state index contributed by atoms with van der Waals surface area (Å²) in [4.78, 5) is 27.3. The van der Waals surface area contributed by atoms with E-state index in [1.165, 1.54) is 29.2 Å². The molecule has 0 radical (unpaired) electrons. The molecule has 0 saturated heterocycles. The average molecular weight is 528 g/mol. The minimum Gasteiger partial charge on any atom is -0.545 e. The number of amides is 1. The van der Waals surface area contributed by atoms with Gasteiger partial charge in [-0.3, -0.25) is 9.69 Å². The lowest BCUT2D eigenvalue weighted by molar-refractivity contribution is -0.255. The fourth-order valence-corrected chi connectivity index (χ4v) is 6.25. The molecule has 1 amide bonds. The smallest absolute Gasteiger partial charge is 0.243 e. The van der Waals surface area contributed by atoms with Crippen LogP contribution in [-0.2, 0) is 15.6 Å². The average Bonchev–Trinajstić information content (AvgIpc) is 3.41. The molecule has 1 aliphatic carbocycles. The summed E-state index contributed by atoms with van der Waals surface area (Å²) in [5.41, 5.74) is 0.966. The molecule has 0 bridgehead atoms. The summed E-state index contributed by atoms with van der Waals surface area (Å²) in [5, 5.41) is 12.1. The lowest BCUT2D eigenvalue weighted by atomic mass is 9.75. The molecule has 1 aliphatic heterocycles. The van der Waals surface area contributed by atoms with Gasteiger partial charge in [-0.15, -0.1) is 0 Å². The molecule has 3 aromatic rings. The van der Waals surface area contributed by atoms with E-state index in [2.05, 4.69) is 29.8 Å². The first-order valence-electron chi connectivity index (χ1n) is 10.5. The van der Waals surface area contributed by atoms with Crippen LogP contribution in [0.4, 0.5) is 15.8 Å². The van der Waals surface area contributed by atoms with Gasteiger partial charge in [-0.1, -0.05) is 53.5 Å². The highest BCUT2D eigenvalue weighted by Gasteiger charge is 2.78. The summed E-state index contributed by atoms with van der Waals surface area (Å²) >= 11 is 9.45. The normalized spacial score (nSPS) is 23.3. The molecule has 3 aromatic carbocycles. The number of benzene rings is 3. The maximum Gasteiger partial charge on any atom is 0.243 e. The van der Waals surface area contributed by atoms with Crippen molar-refractivity contribution in [2.45, 2.75) is 31.1 Å². The molecular formula is C26H19BrClFNO3-. The molecule has 7 heteroatoms. The van der Waals surface area contributed by atoms with Gasteiger partial charge in [0.2, 0.25) is 5.91 Å². The molecule has 4 nitrogen and oxygen atoms in total. The van der Waals surface area contributed by atoms with E-state index in [9.17, 15) is 19.1 Å². The van der Waals surface area contributed by atoms with Crippen LogP contribution in [-0.4, -0.2) is 11.9 Å². The van der Waals surface area contributed by atoms with Gasteiger partial charge in [0.25, 0.3) is 0 Å². The van der Waals surface area contributed by atoms with Gasteiger partial charge in [-0.2, -0.15) is 0 Å². The third kappa shape index (κ3) is 3.00. The molecule has 33 heavy (non-hydrogen) atoms. The van der Waals surface area contributed by atoms with Gasteiger partial charge >= 0.3 is 0 Å². The quantitative estimate of drug-likeness (QED) is 0.449. The molecule has 2 atom stereocenters. The molecule has 168 valence electrons. The van der Waals surface area contributed by atoms with Crippen LogP contribution in [0.15, 0.2) is 65.1 Å². The van der Waals surface area contributed by atoms with E-state index in [1.54, 1.807) is 24.3 Å². The third-order valence-electron chi connectivity index (χ3n) is 7.13. The van der Waals surface area contributed by atoms with Crippen molar-refractivity contribution in [2.75, 3.05) is 4.90 Å². The van der Waals surface area contributed by atoms with Crippen molar-refractivity contribution in [3.05, 3.63) is 92.7 Å². The maximum absolute atomic E-state index is 14.5. The van der Waals surface area contributed by atoms with Gasteiger partial charge in [0.1, 0.15) is 5.82 Å². The SMILES string of the molecule is CC(C)[C@@]1(c2ccc(Cl)cc2)C[C@@]12C(=O)N(c1cc(Br)cc(C(=O)[O-])c1)c1ccc(F)cc12. The Kier molecular flexibility index (Phi) is 4.96. The van der Waals surface area contributed by atoms with E-state index >= 15 is 0 Å². The van der Waals surface area contributed by atoms with Crippen molar-refractivity contribution in [2.24, 2.45) is 5.92 Å². The van der Waals surface area contributed by atoms with Crippen LogP contribution in [0.5, 0.6) is 0 Å². The number of hydrogen-bond donors (Lipinski definition) is 0. The Morgan fingerprint density at radius 1 is 1.12 bits per heavy atom. The van der Waals surface area contributed by atoms with Crippen molar-refractivity contribution >= 4 is 50.8 Å². The lowest BCUT2D eigenvalue weighted by Gasteiger charge is -2.27. The highest BCUT2D eigenvalue weighted by atomic mass is 79.9. The Balaban J connectivity index is 1.74. The number of halogens is 3. The third-order valence-corrected chi connectivity index (χ3v) is 7.84. The molecule has 0 N–H and O–H groups in total. The first kappa shape index (κ1) is 22.1. The molecule has 5 rings (SSSR count). The van der Waals surface area contributed by atoms with Crippen LogP contribution in [0.3, 0.4) is 0 Å². The van der Waals surface area contributed by atoms with E-state index in [0.717, 1.165) is 5.56 Å². The Morgan fingerprint density at radius 2 is 1.82 bits per heavy atom. The van der Waals surface area contributed by atoms with Crippen LogP contribution in [0.2, 0.25) is 5.02 Å². The van der Waals surface area contributed by atoms with Crippen LogP contribution in [0.1, 0.15) is 41.8 Å². The summed E-state index contributed by atoms with van der Waals surface area (Å²) in [6, 6.07) is 16.3. The standard InChI is InChI=1S/C26H20BrClFNO3/c1-14(2)25(16-3-5-18(28)6-4-16)13-26(25)21-12-19(29)7-8-22(21)30(24(26)33)20-10-15(23(31)32)9-17(27)11-20/h3-12,14H,13H2,1-2H3,(H,31,32)/p-1/t25-,26-/m1/s1. The summed E-state index contributed by atoms with van der Waals surface area (Å²) in [5.74, 6) is -1.90. The molecule has 2 aliphatic rings. The summed E-state index contributed by atoms with van der Waals surface area (Å²) in [7, 11) is 0. The van der Waals surface area contributed by atoms with Crippen molar-refractivity contribution in [1.29, 1.82) is 0 Å². The van der Waals surface area contributed by atoms with Gasteiger partial charge in [-0.25, -0.2) is 4.39 Å². The van der Waals surface area contributed by atoms with Gasteiger partial charge < -0.3 is 9.90 Å². The Hall–Kier alpha value is -2.70. The van der Waals surface area contributed by atoms with Gasteiger partial charge in [0, 0.05) is 20.5 Å². The second kappa shape index (κ2) is 7.40. The molecule has 1 fully saturated rings. The minimum absolute atomic E-state index is 0.0552. The largest absolute Gasteiger partial charge is 0.545 e. The van der Waals surface area contributed by atoms with E-state index in [-0.39, 0.29) is 17.4 Å². The topological polar surface area (TPSA) is 60.4 Å². The van der Waals surface area contributed by atoms with E-state index in [1.807, 2.05) is 12.1 Å². The number of nitrogens with zero attached hydrogens (tertiary/aromatic N) is 1. The Bertz CT molecular complexity index is 1330. The number of aromatic carboxylic acids is 1. The van der Waals surface area contributed by atoms with E-state index in [0.29, 0.717) is 32.9 Å². The number of carboxylic acids is 1. The molecule has 1 heterocycles. The number of carboxylic acid groups (broad SMARTS) is 1. The Labute approximate surface area is 204 Å². The first-order chi connectivity index (χ1) is 15.6. The van der Waals surface area contributed by atoms with Gasteiger partial charge in [0.05, 0.1) is 22.8 Å². The zero-order chi connectivity index (χ0) is 23.7. The summed E-state index contributed by atoms with van der Waals surface area (Å²) in [6.07, 6.45) is 0.520. The highest BCUT2D eigenvalue weighted by molar-refractivity contribution is 9.10.